The van der Waals surface area contributed by atoms with Gasteiger partial charge in [-0.1, -0.05) is 12.1 Å². The van der Waals surface area contributed by atoms with Crippen molar-refractivity contribution in [1.82, 2.24) is 4.98 Å². The number of aromatic nitrogens is 1. The first-order valence-corrected chi connectivity index (χ1v) is 6.80. The highest BCUT2D eigenvalue weighted by Gasteiger charge is 2.12. The average molecular weight is 288 g/mol. The predicted molar refractivity (Wildman–Crippen MR) is 74.3 cm³/mol. The minimum Gasteiger partial charge on any atom is -0.461 e. The molecule has 1 N–H and O–H groups in total. The second kappa shape index (κ2) is 6.80. The molecule has 0 aliphatic rings. The van der Waals surface area contributed by atoms with Crippen LogP contribution in [0.1, 0.15) is 21.7 Å². The summed E-state index contributed by atoms with van der Waals surface area (Å²) < 4.78 is 4.98. The maximum absolute atomic E-state index is 11.7. The third-order valence-corrected chi connectivity index (χ3v) is 3.53. The second-order valence-corrected chi connectivity index (χ2v) is 4.96. The first-order valence-electron chi connectivity index (χ1n) is 5.99. The zero-order chi connectivity index (χ0) is 14.4. The molecule has 1 aromatic carbocycles. The van der Waals surface area contributed by atoms with Crippen LogP contribution in [0.5, 0.6) is 0 Å². The number of carbonyl (C=O) groups excluding carboxylic acids is 1. The Morgan fingerprint density at radius 2 is 2.15 bits per heavy atom. The Morgan fingerprint density at radius 3 is 2.80 bits per heavy atom. The van der Waals surface area contributed by atoms with Crippen molar-refractivity contribution in [2.24, 2.45) is 0 Å². The molecule has 102 valence electrons. The van der Waals surface area contributed by atoms with Crippen LogP contribution in [0, 0.1) is 11.3 Å². The third-order valence-electron chi connectivity index (χ3n) is 2.50. The van der Waals surface area contributed by atoms with Crippen molar-refractivity contribution in [2.45, 2.75) is 6.42 Å². The summed E-state index contributed by atoms with van der Waals surface area (Å²) in [6, 6.07) is 9.03. The molecule has 0 bridgehead atoms. The number of rotatable bonds is 5. The van der Waals surface area contributed by atoms with E-state index in [1.165, 1.54) is 17.5 Å². The largest absolute Gasteiger partial charge is 0.461 e. The SMILES string of the molecule is N#Cc1ccc(-c2ncc(C(=O)OCCCO)s2)cc1. The molecule has 0 aliphatic carbocycles. The fraction of sp³-hybridized carbons (Fsp3) is 0.214. The minimum atomic E-state index is -0.434. The Balaban J connectivity index is 2.08. The molecule has 2 rings (SSSR count). The Hall–Kier alpha value is -2.23. The first kappa shape index (κ1) is 14.2. The van der Waals surface area contributed by atoms with Gasteiger partial charge in [0.25, 0.3) is 0 Å². The molecular formula is C14H12N2O3S. The van der Waals surface area contributed by atoms with Gasteiger partial charge in [-0.05, 0) is 12.1 Å². The van der Waals surface area contributed by atoms with Gasteiger partial charge in [0.2, 0.25) is 0 Å². The van der Waals surface area contributed by atoms with E-state index < -0.39 is 5.97 Å². The van der Waals surface area contributed by atoms with E-state index >= 15 is 0 Å². The zero-order valence-corrected chi connectivity index (χ0v) is 11.4. The van der Waals surface area contributed by atoms with Crippen LogP contribution in [0.15, 0.2) is 30.5 Å². The molecule has 20 heavy (non-hydrogen) atoms. The summed E-state index contributed by atoms with van der Waals surface area (Å²) in [6.45, 7) is 0.186. The monoisotopic (exact) mass is 288 g/mol. The molecule has 0 unspecified atom stereocenters. The summed E-state index contributed by atoms with van der Waals surface area (Å²) >= 11 is 1.23. The van der Waals surface area contributed by atoms with E-state index in [-0.39, 0.29) is 13.2 Å². The van der Waals surface area contributed by atoms with E-state index in [0.29, 0.717) is 21.9 Å². The molecular weight excluding hydrogens is 276 g/mol. The van der Waals surface area contributed by atoms with Crippen LogP contribution in [-0.2, 0) is 4.74 Å². The summed E-state index contributed by atoms with van der Waals surface area (Å²) in [5.41, 5.74) is 1.43. The van der Waals surface area contributed by atoms with Gasteiger partial charge in [-0.2, -0.15) is 5.26 Å². The fourth-order valence-electron chi connectivity index (χ4n) is 1.49. The number of aliphatic hydroxyl groups is 1. The van der Waals surface area contributed by atoms with Crippen molar-refractivity contribution in [3.8, 4) is 16.6 Å². The average Bonchev–Trinajstić information content (AvgIpc) is 2.97. The van der Waals surface area contributed by atoms with Gasteiger partial charge in [0.05, 0.1) is 24.4 Å². The van der Waals surface area contributed by atoms with Crippen LogP contribution in [0.3, 0.4) is 0 Å². The van der Waals surface area contributed by atoms with Crippen molar-refractivity contribution < 1.29 is 14.6 Å². The van der Waals surface area contributed by atoms with E-state index in [1.54, 1.807) is 24.3 Å². The predicted octanol–water partition coefficient (Wildman–Crippen LogP) is 2.22. The zero-order valence-electron chi connectivity index (χ0n) is 10.6. The van der Waals surface area contributed by atoms with Gasteiger partial charge >= 0.3 is 5.97 Å². The fourth-order valence-corrected chi connectivity index (χ4v) is 2.31. The van der Waals surface area contributed by atoms with Gasteiger partial charge in [0, 0.05) is 18.6 Å². The van der Waals surface area contributed by atoms with E-state index in [1.807, 2.05) is 6.07 Å². The molecule has 6 heteroatoms. The van der Waals surface area contributed by atoms with Crippen molar-refractivity contribution in [3.63, 3.8) is 0 Å². The Labute approximate surface area is 120 Å². The van der Waals surface area contributed by atoms with Crippen LogP contribution in [0.2, 0.25) is 0 Å². The molecule has 2 aromatic rings. The number of benzene rings is 1. The lowest BCUT2D eigenvalue weighted by atomic mass is 10.1. The molecule has 5 nitrogen and oxygen atoms in total. The van der Waals surface area contributed by atoms with Gasteiger partial charge in [-0.25, -0.2) is 9.78 Å². The summed E-state index contributed by atoms with van der Waals surface area (Å²) in [5, 5.41) is 18.1. The van der Waals surface area contributed by atoms with Gasteiger partial charge < -0.3 is 9.84 Å². The van der Waals surface area contributed by atoms with Crippen LogP contribution in [0.25, 0.3) is 10.6 Å². The maximum atomic E-state index is 11.7. The minimum absolute atomic E-state index is 0.00748. The van der Waals surface area contributed by atoms with Gasteiger partial charge in [-0.15, -0.1) is 11.3 Å². The summed E-state index contributed by atoms with van der Waals surface area (Å²) in [6.07, 6.45) is 1.90. The highest BCUT2D eigenvalue weighted by Crippen LogP contribution is 2.25. The van der Waals surface area contributed by atoms with Crippen LogP contribution < -0.4 is 0 Å². The molecule has 1 heterocycles. The van der Waals surface area contributed by atoms with E-state index in [0.717, 1.165) is 5.56 Å². The van der Waals surface area contributed by atoms with Crippen molar-refractivity contribution in [1.29, 1.82) is 5.26 Å². The normalized spacial score (nSPS) is 10.0. The van der Waals surface area contributed by atoms with E-state index in [2.05, 4.69) is 4.98 Å². The summed E-state index contributed by atoms with van der Waals surface area (Å²) in [5.74, 6) is -0.434. The molecule has 0 atom stereocenters. The maximum Gasteiger partial charge on any atom is 0.349 e. The van der Waals surface area contributed by atoms with Crippen LogP contribution in [0.4, 0.5) is 0 Å². The van der Waals surface area contributed by atoms with Gasteiger partial charge in [0.15, 0.2) is 0 Å². The highest BCUT2D eigenvalue weighted by atomic mass is 32.1. The molecule has 0 saturated heterocycles. The number of ether oxygens (including phenoxy) is 1. The van der Waals surface area contributed by atoms with Crippen molar-refractivity contribution in [2.75, 3.05) is 13.2 Å². The van der Waals surface area contributed by atoms with Crippen LogP contribution >= 0.6 is 11.3 Å². The number of thiazole rings is 1. The lowest BCUT2D eigenvalue weighted by molar-refractivity contribution is 0.0487. The Kier molecular flexibility index (Phi) is 4.82. The molecule has 1 aromatic heterocycles. The molecule has 0 amide bonds. The number of carbonyl (C=O) groups is 1. The van der Waals surface area contributed by atoms with Crippen molar-refractivity contribution in [3.05, 3.63) is 40.9 Å². The number of esters is 1. The topological polar surface area (TPSA) is 83.2 Å². The molecule has 0 aliphatic heterocycles. The Morgan fingerprint density at radius 1 is 1.40 bits per heavy atom. The van der Waals surface area contributed by atoms with Crippen LogP contribution in [-0.4, -0.2) is 29.3 Å². The van der Waals surface area contributed by atoms with Gasteiger partial charge in [0.1, 0.15) is 9.88 Å². The van der Waals surface area contributed by atoms with Gasteiger partial charge in [-0.3, -0.25) is 0 Å². The highest BCUT2D eigenvalue weighted by molar-refractivity contribution is 7.16. The number of nitrogens with zero attached hydrogens (tertiary/aromatic N) is 2. The summed E-state index contributed by atoms with van der Waals surface area (Å²) in [7, 11) is 0. The number of nitriles is 1. The Bertz CT molecular complexity index is 629. The van der Waals surface area contributed by atoms with E-state index in [4.69, 9.17) is 15.1 Å². The first-order chi connectivity index (χ1) is 9.74. The standard InChI is InChI=1S/C14H12N2O3S/c15-8-10-2-4-11(5-3-10)13-16-9-12(20-13)14(18)19-7-1-6-17/h2-5,9,17H,1,6-7H2. The molecule has 0 fully saturated rings. The molecule has 0 spiro atoms. The smallest absolute Gasteiger partial charge is 0.349 e. The molecule has 0 radical (unpaired) electrons. The summed E-state index contributed by atoms with van der Waals surface area (Å²) in [4.78, 5) is 16.3. The lowest BCUT2D eigenvalue weighted by Crippen LogP contribution is -2.05. The second-order valence-electron chi connectivity index (χ2n) is 3.93. The van der Waals surface area contributed by atoms with Crippen molar-refractivity contribution >= 4 is 17.3 Å². The lowest BCUT2D eigenvalue weighted by Gasteiger charge is -2.00. The third kappa shape index (κ3) is 3.41. The number of hydrogen-bond acceptors (Lipinski definition) is 6. The van der Waals surface area contributed by atoms with E-state index in [9.17, 15) is 4.79 Å². The number of aliphatic hydroxyl groups excluding tert-OH is 1. The number of hydrogen-bond donors (Lipinski definition) is 1. The molecule has 0 saturated carbocycles. The quantitative estimate of drug-likeness (QED) is 0.673.